The third kappa shape index (κ3) is 3.37. The molecule has 1 aromatic heterocycles. The fourth-order valence-corrected chi connectivity index (χ4v) is 6.08. The predicted octanol–water partition coefficient (Wildman–Crippen LogP) is 3.48. The summed E-state index contributed by atoms with van der Waals surface area (Å²) in [6.07, 6.45) is 1.50. The van der Waals surface area contributed by atoms with E-state index >= 15 is 0 Å². The van der Waals surface area contributed by atoms with Crippen LogP contribution < -0.4 is 15.6 Å². The van der Waals surface area contributed by atoms with E-state index in [1.807, 2.05) is 12.1 Å². The Morgan fingerprint density at radius 1 is 0.909 bits per heavy atom. The first kappa shape index (κ1) is 21.5. The SMILES string of the molecule is Cn1c(=O)n(-c2cc(S(=O)(=O)N3CCCc4ccccc43)ccc2Cl)c(=O)c2ccccc21. The minimum atomic E-state index is -3.95. The standard InChI is InChI=1S/C24H20ClN3O4S/c1-26-21-11-5-3-9-18(21)23(29)28(24(26)30)22-15-17(12-13-19(22)25)33(31,32)27-14-6-8-16-7-2-4-10-20(16)27/h2-5,7,9-13,15H,6,8,14H2,1H3. The molecule has 0 N–H and O–H groups in total. The molecular weight excluding hydrogens is 462 g/mol. The predicted molar refractivity (Wildman–Crippen MR) is 129 cm³/mol. The van der Waals surface area contributed by atoms with Crippen LogP contribution in [-0.4, -0.2) is 24.1 Å². The molecule has 1 aliphatic heterocycles. The van der Waals surface area contributed by atoms with Gasteiger partial charge in [0.2, 0.25) is 0 Å². The molecule has 0 spiro atoms. The van der Waals surface area contributed by atoms with E-state index in [0.29, 0.717) is 29.6 Å². The van der Waals surface area contributed by atoms with E-state index in [-0.39, 0.29) is 15.6 Å². The van der Waals surface area contributed by atoms with Gasteiger partial charge in [-0.2, -0.15) is 0 Å². The molecule has 0 unspecified atom stereocenters. The van der Waals surface area contributed by atoms with Crippen molar-refractivity contribution < 1.29 is 8.42 Å². The summed E-state index contributed by atoms with van der Waals surface area (Å²) < 4.78 is 30.9. The maximum absolute atomic E-state index is 13.6. The molecule has 5 rings (SSSR count). The Labute approximate surface area is 195 Å². The minimum absolute atomic E-state index is 0.0272. The Kier molecular flexibility index (Phi) is 5.14. The number of nitrogens with zero attached hydrogens (tertiary/aromatic N) is 3. The van der Waals surface area contributed by atoms with Crippen LogP contribution in [0.1, 0.15) is 12.0 Å². The number of hydrogen-bond acceptors (Lipinski definition) is 4. The van der Waals surface area contributed by atoms with Crippen LogP contribution in [0.25, 0.3) is 16.6 Å². The zero-order valence-corrected chi connectivity index (χ0v) is 19.3. The van der Waals surface area contributed by atoms with Crippen molar-refractivity contribution >= 4 is 38.2 Å². The van der Waals surface area contributed by atoms with Gasteiger partial charge in [0.1, 0.15) is 0 Å². The van der Waals surface area contributed by atoms with Crippen molar-refractivity contribution in [2.75, 3.05) is 10.8 Å². The smallest absolute Gasteiger partial charge is 0.296 e. The summed E-state index contributed by atoms with van der Waals surface area (Å²) in [6.45, 7) is 0.342. The lowest BCUT2D eigenvalue weighted by atomic mass is 10.0. The zero-order chi connectivity index (χ0) is 23.3. The van der Waals surface area contributed by atoms with E-state index in [1.54, 1.807) is 43.4 Å². The molecule has 4 aromatic rings. The lowest BCUT2D eigenvalue weighted by Gasteiger charge is -2.30. The van der Waals surface area contributed by atoms with Crippen LogP contribution in [0.4, 0.5) is 5.69 Å². The first-order valence-electron chi connectivity index (χ1n) is 10.4. The lowest BCUT2D eigenvalue weighted by molar-refractivity contribution is 0.586. The van der Waals surface area contributed by atoms with Crippen LogP contribution in [0, 0.1) is 0 Å². The number of aryl methyl sites for hydroxylation is 2. The van der Waals surface area contributed by atoms with Crippen LogP contribution in [0.3, 0.4) is 0 Å². The van der Waals surface area contributed by atoms with Crippen LogP contribution in [-0.2, 0) is 23.5 Å². The first-order chi connectivity index (χ1) is 15.8. The van der Waals surface area contributed by atoms with Gasteiger partial charge in [0.05, 0.1) is 32.2 Å². The van der Waals surface area contributed by atoms with E-state index < -0.39 is 21.3 Å². The number of fused-ring (bicyclic) bond motifs is 2. The molecule has 0 bridgehead atoms. The highest BCUT2D eigenvalue weighted by atomic mass is 35.5. The molecule has 2 heterocycles. The van der Waals surface area contributed by atoms with Crippen molar-refractivity contribution in [3.8, 4) is 5.69 Å². The van der Waals surface area contributed by atoms with Gasteiger partial charge in [-0.3, -0.25) is 13.7 Å². The highest BCUT2D eigenvalue weighted by Crippen LogP contribution is 2.33. The fraction of sp³-hybridized carbons (Fsp3) is 0.167. The molecule has 0 radical (unpaired) electrons. The second-order valence-corrected chi connectivity index (χ2v) is 10.2. The minimum Gasteiger partial charge on any atom is -0.296 e. The summed E-state index contributed by atoms with van der Waals surface area (Å²) in [5.74, 6) is 0. The molecule has 0 amide bonds. The van der Waals surface area contributed by atoms with Crippen molar-refractivity contribution in [1.29, 1.82) is 0 Å². The van der Waals surface area contributed by atoms with Gasteiger partial charge in [0.15, 0.2) is 0 Å². The largest absolute Gasteiger partial charge is 0.335 e. The summed E-state index contributed by atoms with van der Waals surface area (Å²) in [4.78, 5) is 26.3. The second kappa shape index (κ2) is 7.90. The van der Waals surface area contributed by atoms with Gasteiger partial charge in [-0.05, 0) is 54.8 Å². The van der Waals surface area contributed by atoms with Gasteiger partial charge in [0.25, 0.3) is 15.6 Å². The van der Waals surface area contributed by atoms with E-state index in [1.165, 1.54) is 27.1 Å². The van der Waals surface area contributed by atoms with Crippen LogP contribution in [0.15, 0.2) is 81.2 Å². The highest BCUT2D eigenvalue weighted by molar-refractivity contribution is 7.92. The van der Waals surface area contributed by atoms with E-state index in [4.69, 9.17) is 11.6 Å². The Morgan fingerprint density at radius 3 is 2.45 bits per heavy atom. The van der Waals surface area contributed by atoms with Crippen molar-refractivity contribution in [3.05, 3.63) is 98.2 Å². The number of anilines is 1. The van der Waals surface area contributed by atoms with E-state index in [0.717, 1.165) is 16.6 Å². The lowest BCUT2D eigenvalue weighted by Crippen LogP contribution is -2.38. The summed E-state index contributed by atoms with van der Waals surface area (Å²) in [6, 6.07) is 18.2. The monoisotopic (exact) mass is 481 g/mol. The summed E-state index contributed by atoms with van der Waals surface area (Å²) >= 11 is 6.38. The normalized spacial score (nSPS) is 13.8. The van der Waals surface area contributed by atoms with E-state index in [2.05, 4.69) is 0 Å². The van der Waals surface area contributed by atoms with Gasteiger partial charge in [-0.25, -0.2) is 17.8 Å². The molecule has 168 valence electrons. The third-order valence-electron chi connectivity index (χ3n) is 5.99. The van der Waals surface area contributed by atoms with Crippen molar-refractivity contribution in [2.45, 2.75) is 17.7 Å². The quantitative estimate of drug-likeness (QED) is 0.448. The van der Waals surface area contributed by atoms with Gasteiger partial charge in [-0.1, -0.05) is 41.9 Å². The number of para-hydroxylation sites is 2. The average Bonchev–Trinajstić information content (AvgIpc) is 2.83. The topological polar surface area (TPSA) is 81.4 Å². The first-order valence-corrected chi connectivity index (χ1v) is 12.2. The molecule has 3 aromatic carbocycles. The summed E-state index contributed by atoms with van der Waals surface area (Å²) in [7, 11) is -2.40. The van der Waals surface area contributed by atoms with Crippen LogP contribution in [0.2, 0.25) is 5.02 Å². The van der Waals surface area contributed by atoms with Gasteiger partial charge in [0, 0.05) is 13.6 Å². The third-order valence-corrected chi connectivity index (χ3v) is 8.12. The van der Waals surface area contributed by atoms with Crippen molar-refractivity contribution in [3.63, 3.8) is 0 Å². The molecule has 0 aliphatic carbocycles. The molecule has 33 heavy (non-hydrogen) atoms. The number of halogens is 1. The number of aromatic nitrogens is 2. The van der Waals surface area contributed by atoms with Crippen molar-refractivity contribution in [2.24, 2.45) is 7.05 Å². The van der Waals surface area contributed by atoms with E-state index in [9.17, 15) is 18.0 Å². The summed E-state index contributed by atoms with van der Waals surface area (Å²) in [5, 5.41) is 0.427. The van der Waals surface area contributed by atoms with Crippen LogP contribution >= 0.6 is 11.6 Å². The van der Waals surface area contributed by atoms with Gasteiger partial charge >= 0.3 is 5.69 Å². The molecule has 7 nitrogen and oxygen atoms in total. The number of benzene rings is 3. The maximum Gasteiger partial charge on any atom is 0.335 e. The van der Waals surface area contributed by atoms with Gasteiger partial charge in [-0.15, -0.1) is 0 Å². The number of sulfonamides is 1. The Hall–Kier alpha value is -3.36. The fourth-order valence-electron chi connectivity index (χ4n) is 4.32. The summed E-state index contributed by atoms with van der Waals surface area (Å²) in [5.41, 5.74) is 0.931. The Morgan fingerprint density at radius 2 is 1.64 bits per heavy atom. The van der Waals surface area contributed by atoms with Gasteiger partial charge < -0.3 is 0 Å². The second-order valence-electron chi connectivity index (χ2n) is 7.92. The highest BCUT2D eigenvalue weighted by Gasteiger charge is 2.30. The molecule has 9 heteroatoms. The molecule has 0 saturated heterocycles. The van der Waals surface area contributed by atoms with Crippen molar-refractivity contribution in [1.82, 2.24) is 9.13 Å². The van der Waals surface area contributed by atoms with Crippen LogP contribution in [0.5, 0.6) is 0 Å². The molecule has 1 aliphatic rings. The molecule has 0 saturated carbocycles. The molecule has 0 fully saturated rings. The number of hydrogen-bond donors (Lipinski definition) is 0. The maximum atomic E-state index is 13.6. The number of rotatable bonds is 3. The molecular formula is C24H20ClN3O4S. The molecule has 0 atom stereocenters. The Balaban J connectivity index is 1.72. The average molecular weight is 482 g/mol. The zero-order valence-electron chi connectivity index (χ0n) is 17.7. The Bertz CT molecular complexity index is 1640.